The topological polar surface area (TPSA) is 46.5 Å². The summed E-state index contributed by atoms with van der Waals surface area (Å²) >= 11 is -0.795. The average Bonchev–Trinajstić information content (AvgIpc) is 1.88. The molecule has 0 spiro atoms. The minimum absolute atomic E-state index is 0.795. The molecule has 0 rings (SSSR count). The van der Waals surface area contributed by atoms with Crippen LogP contribution < -0.4 is 0 Å². The predicted molar refractivity (Wildman–Crippen MR) is 40.5 cm³/mol. The zero-order valence-electron chi connectivity index (χ0n) is 6.97. The molecule has 0 aromatic carbocycles. The van der Waals surface area contributed by atoms with Gasteiger partial charge in [-0.3, -0.25) is 4.79 Å². The van der Waals surface area contributed by atoms with E-state index in [1.165, 1.54) is 10.4 Å². The quantitative estimate of drug-likeness (QED) is 0.607. The Morgan fingerprint density at radius 1 is 1.73 bits per heavy atom. The van der Waals surface area contributed by atoms with Gasteiger partial charge in [0.25, 0.3) is 5.97 Å². The molecule has 0 atom stereocenters. The summed E-state index contributed by atoms with van der Waals surface area (Å²) in [5, 5.41) is 7.42. The maximum atomic E-state index is 9.00. The van der Waals surface area contributed by atoms with Gasteiger partial charge < -0.3 is 5.11 Å². The van der Waals surface area contributed by atoms with Crippen molar-refractivity contribution < 1.29 is 38.0 Å². The first-order valence-electron chi connectivity index (χ1n) is 3.39. The Balaban J connectivity index is 0. The summed E-state index contributed by atoms with van der Waals surface area (Å²) in [6.07, 6.45) is 1.18. The van der Waals surface area contributed by atoms with Crippen molar-refractivity contribution in [3.8, 4) is 0 Å². The third-order valence-corrected chi connectivity index (χ3v) is 6.06. The Hall–Kier alpha value is 0.655. The van der Waals surface area contributed by atoms with E-state index in [1.54, 1.807) is 7.11 Å². The first-order valence-corrected chi connectivity index (χ1v) is 14.0. The van der Waals surface area contributed by atoms with Crippen LogP contribution in [0.15, 0.2) is 0 Å². The molecule has 0 saturated carbocycles. The van der Waals surface area contributed by atoms with E-state index < -0.39 is 29.3 Å². The fourth-order valence-electron chi connectivity index (χ4n) is 0.341. The van der Waals surface area contributed by atoms with Crippen molar-refractivity contribution in [1.82, 2.24) is 0 Å². The van der Waals surface area contributed by atoms with Crippen LogP contribution in [-0.4, -0.2) is 24.8 Å². The Morgan fingerprint density at radius 3 is 2.45 bits per heavy atom. The number of hydrogen-bond donors (Lipinski definition) is 1. The number of methoxy groups -OCH3 is 1. The van der Waals surface area contributed by atoms with Crippen LogP contribution in [0.2, 0.25) is 3.93 Å². The van der Waals surface area contributed by atoms with Gasteiger partial charge in [-0.25, -0.2) is 0 Å². The molecular formula is C6H13ClHgO3. The Morgan fingerprint density at radius 2 is 2.18 bits per heavy atom. The normalized spacial score (nSPS) is 7.55. The van der Waals surface area contributed by atoms with Crippen LogP contribution in [0.1, 0.15) is 13.3 Å². The average molecular weight is 369 g/mol. The van der Waals surface area contributed by atoms with E-state index in [1.807, 2.05) is 0 Å². The SMILES string of the molecule is CC(=O)O.COCC[CH2][Hg][Cl]. The van der Waals surface area contributed by atoms with Crippen LogP contribution in [0.3, 0.4) is 0 Å². The third-order valence-electron chi connectivity index (χ3n) is 0.732. The van der Waals surface area contributed by atoms with Gasteiger partial charge in [0.15, 0.2) is 0 Å². The van der Waals surface area contributed by atoms with E-state index in [2.05, 4.69) is 0 Å². The molecule has 0 aromatic rings. The Bertz CT molecular complexity index is 81.9. The second kappa shape index (κ2) is 13.3. The zero-order chi connectivity index (χ0) is 9.11. The number of halogens is 1. The van der Waals surface area contributed by atoms with Crippen LogP contribution >= 0.6 is 8.25 Å². The molecule has 0 heterocycles. The predicted octanol–water partition coefficient (Wildman–Crippen LogP) is 1.77. The van der Waals surface area contributed by atoms with Crippen molar-refractivity contribution in [3.05, 3.63) is 0 Å². The molecule has 0 aromatic heterocycles. The minimum atomic E-state index is -0.833. The number of carboxylic acids is 1. The maximum absolute atomic E-state index is 9.00. The fourth-order valence-corrected chi connectivity index (χ4v) is 3.53. The van der Waals surface area contributed by atoms with Crippen LogP contribution in [0.5, 0.6) is 0 Å². The standard InChI is InChI=1S/C4H9O.C2H4O2.ClH.Hg/c1-3-4-5-2;1-2(3)4;;/h1,3-4H2,2H3;1H3,(H,3,4);1H;/q;;;+1/p-1. The summed E-state index contributed by atoms with van der Waals surface area (Å²) < 4.78 is 6.11. The zero-order valence-corrected chi connectivity index (χ0v) is 13.2. The summed E-state index contributed by atoms with van der Waals surface area (Å²) in [5.74, 6) is -0.833. The molecule has 3 nitrogen and oxygen atoms in total. The van der Waals surface area contributed by atoms with Crippen molar-refractivity contribution in [1.29, 1.82) is 0 Å². The van der Waals surface area contributed by atoms with Gasteiger partial charge in [0.05, 0.1) is 0 Å². The van der Waals surface area contributed by atoms with Gasteiger partial charge in [0, 0.05) is 6.92 Å². The van der Waals surface area contributed by atoms with E-state index in [4.69, 9.17) is 22.9 Å². The van der Waals surface area contributed by atoms with Crippen molar-refractivity contribution >= 4 is 14.2 Å². The Kier molecular flexibility index (Phi) is 17.1. The van der Waals surface area contributed by atoms with Crippen molar-refractivity contribution in [2.24, 2.45) is 0 Å². The molecule has 0 fully saturated rings. The molecular weight excluding hydrogens is 356 g/mol. The van der Waals surface area contributed by atoms with E-state index in [0.29, 0.717) is 0 Å². The summed E-state index contributed by atoms with van der Waals surface area (Å²) in [5.41, 5.74) is 0. The summed E-state index contributed by atoms with van der Waals surface area (Å²) in [6, 6.07) is 0. The molecule has 5 heteroatoms. The number of carboxylic acid groups (broad SMARTS) is 1. The first kappa shape index (κ1) is 14.2. The van der Waals surface area contributed by atoms with Crippen molar-refractivity contribution in [2.45, 2.75) is 17.3 Å². The monoisotopic (exact) mass is 370 g/mol. The van der Waals surface area contributed by atoms with Crippen molar-refractivity contribution in [2.75, 3.05) is 13.7 Å². The molecule has 0 aliphatic rings. The van der Waals surface area contributed by atoms with Gasteiger partial charge in [0.2, 0.25) is 0 Å². The summed E-state index contributed by atoms with van der Waals surface area (Å²) in [7, 11) is 7.33. The van der Waals surface area contributed by atoms with Crippen LogP contribution in [0.4, 0.5) is 0 Å². The number of rotatable bonds is 4. The van der Waals surface area contributed by atoms with Gasteiger partial charge >= 0.3 is 60.4 Å². The Labute approximate surface area is 82.9 Å². The molecule has 0 saturated heterocycles. The van der Waals surface area contributed by atoms with Crippen LogP contribution in [0, 0.1) is 0 Å². The van der Waals surface area contributed by atoms with Crippen LogP contribution in [0.25, 0.3) is 0 Å². The molecule has 1 N–H and O–H groups in total. The second-order valence-electron chi connectivity index (χ2n) is 1.91. The van der Waals surface area contributed by atoms with Gasteiger partial charge in [-0.15, -0.1) is 0 Å². The van der Waals surface area contributed by atoms with E-state index in [9.17, 15) is 0 Å². The summed E-state index contributed by atoms with van der Waals surface area (Å²) in [6.45, 7) is 1.98. The van der Waals surface area contributed by atoms with E-state index >= 15 is 0 Å². The summed E-state index contributed by atoms with van der Waals surface area (Å²) in [4.78, 5) is 9.00. The van der Waals surface area contributed by atoms with Gasteiger partial charge in [-0.1, -0.05) is 0 Å². The third kappa shape index (κ3) is 36.8. The number of aliphatic carboxylic acids is 1. The van der Waals surface area contributed by atoms with Gasteiger partial charge in [-0.2, -0.15) is 0 Å². The molecule has 0 unspecified atom stereocenters. The van der Waals surface area contributed by atoms with E-state index in [-0.39, 0.29) is 0 Å². The van der Waals surface area contributed by atoms with E-state index in [0.717, 1.165) is 13.5 Å². The first-order chi connectivity index (χ1) is 5.15. The number of hydrogen-bond acceptors (Lipinski definition) is 2. The molecule has 0 amide bonds. The molecule has 0 aliphatic heterocycles. The van der Waals surface area contributed by atoms with Crippen molar-refractivity contribution in [3.63, 3.8) is 0 Å². The van der Waals surface area contributed by atoms with Gasteiger partial charge in [-0.05, 0) is 0 Å². The van der Waals surface area contributed by atoms with Gasteiger partial charge in [0.1, 0.15) is 0 Å². The number of carbonyl (C=O) groups is 1. The van der Waals surface area contributed by atoms with Crippen LogP contribution in [-0.2, 0) is 32.9 Å². The fraction of sp³-hybridized carbons (Fsp3) is 0.833. The molecule has 64 valence electrons. The number of ether oxygens (including phenoxy) is 1. The second-order valence-corrected chi connectivity index (χ2v) is 9.44. The molecule has 0 radical (unpaired) electrons. The molecule has 11 heavy (non-hydrogen) atoms. The molecule has 0 bridgehead atoms. The molecule has 0 aliphatic carbocycles.